The van der Waals surface area contributed by atoms with Gasteiger partial charge < -0.3 is 5.73 Å². The van der Waals surface area contributed by atoms with Crippen LogP contribution in [0, 0.1) is 0 Å². The van der Waals surface area contributed by atoms with E-state index in [9.17, 15) is 0 Å². The normalized spacial score (nSPS) is 11.5. The number of thiazole rings is 1. The molecule has 0 aliphatic heterocycles. The Labute approximate surface area is 155 Å². The summed E-state index contributed by atoms with van der Waals surface area (Å²) in [5.74, 6) is 0.518. The summed E-state index contributed by atoms with van der Waals surface area (Å²) in [6.07, 6.45) is 6.81. The zero-order valence-electron chi connectivity index (χ0n) is 15.2. The number of nitrogens with one attached hydrogen (secondary N) is 1. The molecule has 0 fully saturated rings. The molecule has 1 aromatic carbocycles. The molecule has 1 heterocycles. The minimum Gasteiger partial charge on any atom is -0.383 e. The van der Waals surface area contributed by atoms with Crippen LogP contribution in [0.4, 0.5) is 10.9 Å². The van der Waals surface area contributed by atoms with E-state index < -0.39 is 0 Å². The first-order valence-corrected chi connectivity index (χ1v) is 9.90. The minimum atomic E-state index is 0.518. The van der Waals surface area contributed by atoms with Crippen LogP contribution in [0.25, 0.3) is 0 Å². The van der Waals surface area contributed by atoms with Gasteiger partial charge in [0.15, 0.2) is 0 Å². The molecule has 136 valence electrons. The van der Waals surface area contributed by atoms with Crippen LogP contribution < -0.4 is 11.2 Å². The fourth-order valence-corrected chi connectivity index (χ4v) is 3.11. The Balaban J connectivity index is 1.93. The predicted molar refractivity (Wildman–Crippen MR) is 109 cm³/mol. The highest BCUT2D eigenvalue weighted by Gasteiger charge is 2.05. The van der Waals surface area contributed by atoms with Crippen LogP contribution in [0.2, 0.25) is 0 Å². The third-order valence-electron chi connectivity index (χ3n) is 3.91. The Bertz CT molecular complexity index is 645. The van der Waals surface area contributed by atoms with Gasteiger partial charge in [-0.3, -0.25) is 10.3 Å². The molecule has 0 saturated heterocycles. The van der Waals surface area contributed by atoms with Gasteiger partial charge in [-0.25, -0.2) is 4.98 Å². The largest absolute Gasteiger partial charge is 0.383 e. The minimum absolute atomic E-state index is 0.518. The third kappa shape index (κ3) is 7.23. The van der Waals surface area contributed by atoms with Gasteiger partial charge in [-0.05, 0) is 43.1 Å². The number of nitrogens with zero attached hydrogens (tertiary/aromatic N) is 3. The van der Waals surface area contributed by atoms with Crippen molar-refractivity contribution >= 4 is 28.5 Å². The molecule has 0 saturated carbocycles. The second-order valence-electron chi connectivity index (χ2n) is 6.18. The quantitative estimate of drug-likeness (QED) is 0.455. The van der Waals surface area contributed by atoms with Crippen molar-refractivity contribution < 1.29 is 0 Å². The van der Waals surface area contributed by atoms with Crippen molar-refractivity contribution in [2.24, 2.45) is 5.10 Å². The third-order valence-corrected chi connectivity index (χ3v) is 4.67. The van der Waals surface area contributed by atoms with Crippen molar-refractivity contribution in [1.29, 1.82) is 0 Å². The second-order valence-corrected chi connectivity index (χ2v) is 7.03. The topological polar surface area (TPSA) is 66.5 Å². The van der Waals surface area contributed by atoms with Gasteiger partial charge in [-0.1, -0.05) is 44.9 Å². The van der Waals surface area contributed by atoms with E-state index in [1.54, 1.807) is 5.38 Å². The Morgan fingerprint density at radius 3 is 2.64 bits per heavy atom. The fourth-order valence-electron chi connectivity index (χ4n) is 2.56. The average Bonchev–Trinajstić information content (AvgIpc) is 3.03. The number of hydrogen-bond donors (Lipinski definition) is 2. The van der Waals surface area contributed by atoms with Crippen LogP contribution >= 0.6 is 11.3 Å². The summed E-state index contributed by atoms with van der Waals surface area (Å²) in [5.41, 5.74) is 10.9. The molecule has 5 nitrogen and oxygen atoms in total. The fraction of sp³-hybridized carbons (Fsp3) is 0.474. The van der Waals surface area contributed by atoms with E-state index in [-0.39, 0.29) is 0 Å². The molecule has 0 amide bonds. The first-order valence-electron chi connectivity index (χ1n) is 9.02. The Morgan fingerprint density at radius 2 is 2.00 bits per heavy atom. The van der Waals surface area contributed by atoms with Crippen molar-refractivity contribution in [3.8, 4) is 0 Å². The van der Waals surface area contributed by atoms with Crippen molar-refractivity contribution in [2.45, 2.75) is 46.1 Å². The average molecular weight is 360 g/mol. The summed E-state index contributed by atoms with van der Waals surface area (Å²) in [7, 11) is 0. The standard InChI is InChI=1S/C19H29N5S/c1-3-5-10-24(11-6-4-2)14-17-9-7-8-16(12-17)13-21-23-19-22-18(20)15-25-19/h7-9,12-13,15H,3-6,10-11,14,20H2,1-2H3,(H,22,23). The molecule has 1 aromatic heterocycles. The van der Waals surface area contributed by atoms with E-state index in [2.05, 4.69) is 58.5 Å². The number of nitrogens with two attached hydrogens (primary N) is 1. The van der Waals surface area contributed by atoms with Crippen molar-refractivity contribution in [3.05, 3.63) is 40.8 Å². The van der Waals surface area contributed by atoms with Crippen LogP contribution in [0.3, 0.4) is 0 Å². The smallest absolute Gasteiger partial charge is 0.205 e. The van der Waals surface area contributed by atoms with Gasteiger partial charge in [0, 0.05) is 11.9 Å². The van der Waals surface area contributed by atoms with Crippen LogP contribution in [0.5, 0.6) is 0 Å². The molecular formula is C19H29N5S. The number of unbranched alkanes of at least 4 members (excludes halogenated alkanes) is 2. The number of hydrazone groups is 1. The maximum atomic E-state index is 5.60. The van der Waals surface area contributed by atoms with E-state index in [0.29, 0.717) is 10.9 Å². The van der Waals surface area contributed by atoms with E-state index in [0.717, 1.165) is 12.1 Å². The highest BCUT2D eigenvalue weighted by atomic mass is 32.1. The maximum absolute atomic E-state index is 5.60. The summed E-state index contributed by atoms with van der Waals surface area (Å²) in [6.45, 7) is 7.83. The lowest BCUT2D eigenvalue weighted by Crippen LogP contribution is -2.25. The molecule has 2 rings (SSSR count). The van der Waals surface area contributed by atoms with Crippen molar-refractivity contribution in [1.82, 2.24) is 9.88 Å². The first-order chi connectivity index (χ1) is 12.2. The van der Waals surface area contributed by atoms with Gasteiger partial charge in [0.05, 0.1) is 6.21 Å². The van der Waals surface area contributed by atoms with Crippen LogP contribution in [0.15, 0.2) is 34.7 Å². The number of nitrogen functional groups attached to an aromatic ring is 1. The molecule has 0 radical (unpaired) electrons. The number of rotatable bonds is 11. The van der Waals surface area contributed by atoms with Gasteiger partial charge in [-0.2, -0.15) is 5.10 Å². The zero-order valence-corrected chi connectivity index (χ0v) is 16.1. The Hall–Kier alpha value is -1.92. The summed E-state index contributed by atoms with van der Waals surface area (Å²) < 4.78 is 0. The summed E-state index contributed by atoms with van der Waals surface area (Å²) in [6, 6.07) is 8.55. The molecule has 0 bridgehead atoms. The second kappa shape index (κ2) is 10.8. The lowest BCUT2D eigenvalue weighted by atomic mass is 10.1. The SMILES string of the molecule is CCCCN(CCCC)Cc1cccc(C=NNc2nc(N)cs2)c1. The summed E-state index contributed by atoms with van der Waals surface area (Å²) in [4.78, 5) is 6.68. The highest BCUT2D eigenvalue weighted by Crippen LogP contribution is 2.16. The van der Waals surface area contributed by atoms with Crippen molar-refractivity contribution in [3.63, 3.8) is 0 Å². The van der Waals surface area contributed by atoms with Crippen molar-refractivity contribution in [2.75, 3.05) is 24.2 Å². The lowest BCUT2D eigenvalue weighted by Gasteiger charge is -2.22. The summed E-state index contributed by atoms with van der Waals surface area (Å²) >= 11 is 1.44. The molecule has 0 spiro atoms. The van der Waals surface area contributed by atoms with Gasteiger partial charge in [-0.15, -0.1) is 11.3 Å². The monoisotopic (exact) mass is 359 g/mol. The zero-order chi connectivity index (χ0) is 17.9. The van der Waals surface area contributed by atoms with E-state index >= 15 is 0 Å². The van der Waals surface area contributed by atoms with E-state index in [1.807, 2.05) is 6.21 Å². The van der Waals surface area contributed by atoms with Crippen LogP contribution in [-0.2, 0) is 6.54 Å². The number of hydrogen-bond acceptors (Lipinski definition) is 6. The molecule has 25 heavy (non-hydrogen) atoms. The summed E-state index contributed by atoms with van der Waals surface area (Å²) in [5, 5.41) is 6.74. The Morgan fingerprint density at radius 1 is 1.24 bits per heavy atom. The lowest BCUT2D eigenvalue weighted by molar-refractivity contribution is 0.257. The predicted octanol–water partition coefficient (Wildman–Crippen LogP) is 4.57. The molecule has 0 aliphatic rings. The van der Waals surface area contributed by atoms with Gasteiger partial charge in [0.25, 0.3) is 0 Å². The molecule has 2 aromatic rings. The van der Waals surface area contributed by atoms with Crippen LogP contribution in [0.1, 0.15) is 50.7 Å². The molecular weight excluding hydrogens is 330 g/mol. The molecule has 0 unspecified atom stereocenters. The first kappa shape index (κ1) is 19.4. The van der Waals surface area contributed by atoms with E-state index in [4.69, 9.17) is 5.73 Å². The number of benzene rings is 1. The number of anilines is 2. The van der Waals surface area contributed by atoms with Gasteiger partial charge >= 0.3 is 0 Å². The molecule has 0 aliphatic carbocycles. The van der Waals surface area contributed by atoms with Crippen LogP contribution in [-0.4, -0.2) is 29.2 Å². The maximum Gasteiger partial charge on any atom is 0.205 e. The van der Waals surface area contributed by atoms with Gasteiger partial charge in [0.1, 0.15) is 5.82 Å². The number of aromatic nitrogens is 1. The highest BCUT2D eigenvalue weighted by molar-refractivity contribution is 7.14. The molecule has 3 N–H and O–H groups in total. The van der Waals surface area contributed by atoms with E-state index in [1.165, 1.54) is 55.7 Å². The molecule has 6 heteroatoms. The molecule has 0 atom stereocenters. The van der Waals surface area contributed by atoms with Gasteiger partial charge in [0.2, 0.25) is 5.13 Å². The Kier molecular flexibility index (Phi) is 8.42.